The molecule has 46 heavy (non-hydrogen) atoms. The Balaban J connectivity index is 1.17. The first-order valence-electron chi connectivity index (χ1n) is 15.6. The van der Waals surface area contributed by atoms with Crippen LogP contribution in [0.5, 0.6) is 0 Å². The molecule has 3 heteroatoms. The largest absolute Gasteiger partial charge is 0.309 e. The molecule has 0 aliphatic heterocycles. The maximum Gasteiger partial charge on any atom is 0.137 e. The van der Waals surface area contributed by atoms with Crippen LogP contribution >= 0.6 is 0 Å². The Bertz CT molecular complexity index is 2520. The molecule has 3 heterocycles. The van der Waals surface area contributed by atoms with Gasteiger partial charge in [0.15, 0.2) is 0 Å². The van der Waals surface area contributed by atoms with Crippen molar-refractivity contribution in [3.8, 4) is 50.5 Å². The summed E-state index contributed by atoms with van der Waals surface area (Å²) in [5.74, 6) is 0. The van der Waals surface area contributed by atoms with Crippen LogP contribution in [0.2, 0.25) is 0 Å². The lowest BCUT2D eigenvalue weighted by atomic mass is 9.96. The highest BCUT2D eigenvalue weighted by Crippen LogP contribution is 2.37. The molecule has 0 bridgehead atoms. The number of aromatic nitrogens is 3. The van der Waals surface area contributed by atoms with Gasteiger partial charge >= 0.3 is 0 Å². The van der Waals surface area contributed by atoms with Gasteiger partial charge in [0.2, 0.25) is 0 Å². The molecule has 6 aromatic carbocycles. The van der Waals surface area contributed by atoms with E-state index in [-0.39, 0.29) is 0 Å². The quantitative estimate of drug-likeness (QED) is 0.196. The molecule has 0 saturated heterocycles. The summed E-state index contributed by atoms with van der Waals surface area (Å²) in [6.45, 7) is 0. The average Bonchev–Trinajstić information content (AvgIpc) is 3.69. The number of nitrogens with zero attached hydrogens (tertiary/aromatic N) is 3. The lowest BCUT2D eigenvalue weighted by Crippen LogP contribution is -1.93. The minimum atomic E-state index is 0.937. The van der Waals surface area contributed by atoms with Crippen LogP contribution < -0.4 is 0 Å². The topological polar surface area (TPSA) is 22.2 Å². The van der Waals surface area contributed by atoms with Crippen LogP contribution in [0.15, 0.2) is 176 Å². The number of rotatable bonds is 5. The number of fused-ring (bicyclic) bond motifs is 4. The lowest BCUT2D eigenvalue weighted by molar-refractivity contribution is 1.18. The number of hydrogen-bond donors (Lipinski definition) is 0. The minimum absolute atomic E-state index is 0.937. The second-order valence-corrected chi connectivity index (χ2v) is 11.7. The van der Waals surface area contributed by atoms with E-state index in [0.29, 0.717) is 0 Å². The van der Waals surface area contributed by atoms with Gasteiger partial charge in [-0.1, -0.05) is 121 Å². The molecule has 0 fully saturated rings. The third-order valence-electron chi connectivity index (χ3n) is 8.93. The zero-order valence-electron chi connectivity index (χ0n) is 25.1. The van der Waals surface area contributed by atoms with E-state index < -0.39 is 0 Å². The molecular weight excluding hydrogens is 558 g/mol. The summed E-state index contributed by atoms with van der Waals surface area (Å²) in [4.78, 5) is 5.05. The van der Waals surface area contributed by atoms with E-state index in [4.69, 9.17) is 4.98 Å². The molecule has 9 rings (SSSR count). The van der Waals surface area contributed by atoms with Crippen molar-refractivity contribution >= 4 is 27.5 Å². The second-order valence-electron chi connectivity index (χ2n) is 11.7. The Morgan fingerprint density at radius 1 is 0.391 bits per heavy atom. The summed E-state index contributed by atoms with van der Waals surface area (Å²) >= 11 is 0. The maximum atomic E-state index is 5.05. The van der Waals surface area contributed by atoms with Crippen molar-refractivity contribution in [1.29, 1.82) is 0 Å². The number of para-hydroxylation sites is 2. The highest BCUT2D eigenvalue weighted by atomic mass is 15.0. The molecular formula is C43H29N3. The van der Waals surface area contributed by atoms with Gasteiger partial charge in [0.05, 0.1) is 22.4 Å². The first-order chi connectivity index (χ1) is 22.8. The Labute approximate surface area is 267 Å². The first kappa shape index (κ1) is 26.2. The van der Waals surface area contributed by atoms with Gasteiger partial charge in [0, 0.05) is 33.8 Å². The van der Waals surface area contributed by atoms with Crippen LogP contribution in [-0.2, 0) is 0 Å². The lowest BCUT2D eigenvalue weighted by Gasteiger charge is -2.11. The summed E-state index contributed by atoms with van der Waals surface area (Å²) in [7, 11) is 0. The zero-order chi connectivity index (χ0) is 30.5. The van der Waals surface area contributed by atoms with Gasteiger partial charge in [-0.3, -0.25) is 4.40 Å². The predicted molar refractivity (Wildman–Crippen MR) is 191 cm³/mol. The first-order valence-corrected chi connectivity index (χ1v) is 15.6. The third-order valence-corrected chi connectivity index (χ3v) is 8.93. The van der Waals surface area contributed by atoms with Gasteiger partial charge in [-0.05, 0) is 70.8 Å². The SMILES string of the molecule is c1ccc(-c2nc3ccccn3c2-c2cccc(-c3cccc(-c4ccc5c6ccccc6n(-c6ccccc6)c5c4)c3)c2)cc1. The maximum absolute atomic E-state index is 5.05. The minimum Gasteiger partial charge on any atom is -0.309 e. The Morgan fingerprint density at radius 2 is 0.978 bits per heavy atom. The normalized spacial score (nSPS) is 11.5. The van der Waals surface area contributed by atoms with Gasteiger partial charge in [-0.25, -0.2) is 4.98 Å². The average molecular weight is 588 g/mol. The zero-order valence-corrected chi connectivity index (χ0v) is 25.1. The molecule has 0 radical (unpaired) electrons. The van der Waals surface area contributed by atoms with Crippen LogP contribution in [-0.4, -0.2) is 14.0 Å². The Morgan fingerprint density at radius 3 is 1.76 bits per heavy atom. The van der Waals surface area contributed by atoms with Gasteiger partial charge in [-0.2, -0.15) is 0 Å². The summed E-state index contributed by atoms with van der Waals surface area (Å²) < 4.78 is 4.57. The van der Waals surface area contributed by atoms with Crippen molar-refractivity contribution in [2.75, 3.05) is 0 Å². The second kappa shape index (κ2) is 10.8. The predicted octanol–water partition coefficient (Wildman–Crippen LogP) is 11.1. The van der Waals surface area contributed by atoms with Crippen molar-refractivity contribution in [2.45, 2.75) is 0 Å². The fourth-order valence-corrected chi connectivity index (χ4v) is 6.80. The molecule has 0 unspecified atom stereocenters. The van der Waals surface area contributed by atoms with Crippen LogP contribution in [0.1, 0.15) is 0 Å². The number of benzene rings is 6. The standard InChI is InChI=1S/C43H29N3/c1-3-13-30(14-4-1)42-43(45-26-10-9-23-41(45)44-42)35-18-12-17-33(28-35)31-15-11-16-32(27-31)34-24-25-38-37-21-7-8-22-39(37)46(40(38)29-34)36-19-5-2-6-20-36/h1-29H. The molecule has 3 aromatic heterocycles. The summed E-state index contributed by atoms with van der Waals surface area (Å²) in [5, 5.41) is 2.52. The van der Waals surface area contributed by atoms with Crippen LogP contribution in [0.25, 0.3) is 77.9 Å². The fraction of sp³-hybridized carbons (Fsp3) is 0. The molecule has 3 nitrogen and oxygen atoms in total. The van der Waals surface area contributed by atoms with E-state index in [9.17, 15) is 0 Å². The van der Waals surface area contributed by atoms with Crippen LogP contribution in [0.4, 0.5) is 0 Å². The summed E-state index contributed by atoms with van der Waals surface area (Å²) in [6.07, 6.45) is 2.10. The Hall–Kier alpha value is -6.19. The molecule has 0 aliphatic carbocycles. The number of hydrogen-bond acceptors (Lipinski definition) is 1. The van der Waals surface area contributed by atoms with Gasteiger partial charge in [0.25, 0.3) is 0 Å². The van der Waals surface area contributed by atoms with E-state index in [0.717, 1.165) is 28.2 Å². The highest BCUT2D eigenvalue weighted by molar-refractivity contribution is 6.10. The molecule has 216 valence electrons. The highest BCUT2D eigenvalue weighted by Gasteiger charge is 2.17. The van der Waals surface area contributed by atoms with Gasteiger partial charge in [-0.15, -0.1) is 0 Å². The number of pyridine rings is 1. The Kier molecular flexibility index (Phi) is 6.14. The van der Waals surface area contributed by atoms with Crippen LogP contribution in [0.3, 0.4) is 0 Å². The van der Waals surface area contributed by atoms with Crippen molar-refractivity contribution in [1.82, 2.24) is 14.0 Å². The smallest absolute Gasteiger partial charge is 0.137 e. The van der Waals surface area contributed by atoms with E-state index in [1.54, 1.807) is 0 Å². The van der Waals surface area contributed by atoms with Gasteiger partial charge in [0.1, 0.15) is 5.65 Å². The van der Waals surface area contributed by atoms with E-state index in [1.165, 1.54) is 49.7 Å². The van der Waals surface area contributed by atoms with Crippen molar-refractivity contribution in [2.24, 2.45) is 0 Å². The fourth-order valence-electron chi connectivity index (χ4n) is 6.80. The summed E-state index contributed by atoms with van der Waals surface area (Å²) in [5.41, 5.74) is 13.6. The summed E-state index contributed by atoms with van der Waals surface area (Å²) in [6, 6.07) is 60.5. The third kappa shape index (κ3) is 4.33. The van der Waals surface area contributed by atoms with Crippen LogP contribution in [0, 0.1) is 0 Å². The molecule has 0 saturated carbocycles. The van der Waals surface area contributed by atoms with Crippen molar-refractivity contribution in [3.05, 3.63) is 176 Å². The van der Waals surface area contributed by atoms with Crippen molar-refractivity contribution < 1.29 is 0 Å². The monoisotopic (exact) mass is 587 g/mol. The molecule has 9 aromatic rings. The molecule has 0 N–H and O–H groups in total. The number of imidazole rings is 1. The van der Waals surface area contributed by atoms with Crippen molar-refractivity contribution in [3.63, 3.8) is 0 Å². The molecule has 0 spiro atoms. The molecule has 0 atom stereocenters. The molecule has 0 amide bonds. The van der Waals surface area contributed by atoms with Gasteiger partial charge < -0.3 is 4.57 Å². The van der Waals surface area contributed by atoms with E-state index >= 15 is 0 Å². The van der Waals surface area contributed by atoms with E-state index in [1.807, 2.05) is 12.1 Å². The van der Waals surface area contributed by atoms with E-state index in [2.05, 4.69) is 173 Å². The molecule has 0 aliphatic rings.